The van der Waals surface area contributed by atoms with Gasteiger partial charge in [0.25, 0.3) is 0 Å². The molecule has 0 unspecified atom stereocenters. The second-order valence-electron chi connectivity index (χ2n) is 11.0. The molecule has 0 N–H and O–H groups in total. The molecule has 0 spiro atoms. The standard InChI is InChI=1S/C39H25NO2S/c1-2-36-40-37-32(21-25(22-35(37)43-36)27-12-8-14-31-29-10-4-6-16-34(29)42-39(27)31)24-19-17-23(18-20-24)26-11-7-13-30-28-9-3-5-15-33(28)41-38(26)30/h3-22H,2H2,1H3. The first-order chi connectivity index (χ1) is 21.2. The molecule has 0 amide bonds. The predicted molar refractivity (Wildman–Crippen MR) is 180 cm³/mol. The van der Waals surface area contributed by atoms with Gasteiger partial charge in [0.1, 0.15) is 22.3 Å². The van der Waals surface area contributed by atoms with E-state index < -0.39 is 0 Å². The summed E-state index contributed by atoms with van der Waals surface area (Å²) < 4.78 is 13.9. The minimum atomic E-state index is 0.910. The number of nitrogens with zero attached hydrogens (tertiary/aromatic N) is 1. The topological polar surface area (TPSA) is 39.2 Å². The molecule has 0 aliphatic heterocycles. The molecule has 0 saturated heterocycles. The maximum Gasteiger partial charge on any atom is 0.143 e. The van der Waals surface area contributed by atoms with E-state index in [0.717, 1.165) is 94.2 Å². The van der Waals surface area contributed by atoms with E-state index in [1.54, 1.807) is 11.3 Å². The number of furan rings is 2. The molecule has 0 fully saturated rings. The first-order valence-electron chi connectivity index (χ1n) is 14.6. The Hall–Kier alpha value is -5.19. The van der Waals surface area contributed by atoms with Crippen LogP contribution >= 0.6 is 11.3 Å². The fourth-order valence-corrected chi connectivity index (χ4v) is 7.35. The second kappa shape index (κ2) is 9.41. The van der Waals surface area contributed by atoms with Gasteiger partial charge in [-0.2, -0.15) is 0 Å². The van der Waals surface area contributed by atoms with Crippen LogP contribution in [0.2, 0.25) is 0 Å². The molecule has 0 radical (unpaired) electrons. The summed E-state index contributed by atoms with van der Waals surface area (Å²) in [6.07, 6.45) is 0.910. The van der Waals surface area contributed by atoms with Crippen molar-refractivity contribution in [3.05, 3.63) is 126 Å². The van der Waals surface area contributed by atoms with Crippen LogP contribution in [0.3, 0.4) is 0 Å². The third-order valence-corrected chi connectivity index (χ3v) is 9.61. The predicted octanol–water partition coefficient (Wildman–Crippen LogP) is 11.7. The van der Waals surface area contributed by atoms with E-state index in [4.69, 9.17) is 13.8 Å². The molecular weight excluding hydrogens is 547 g/mol. The lowest BCUT2D eigenvalue weighted by Crippen LogP contribution is -1.86. The monoisotopic (exact) mass is 571 g/mol. The molecule has 4 heteroatoms. The maximum absolute atomic E-state index is 6.42. The third kappa shape index (κ3) is 3.77. The van der Waals surface area contributed by atoms with Crippen LogP contribution in [-0.4, -0.2) is 4.98 Å². The van der Waals surface area contributed by atoms with Crippen molar-refractivity contribution < 1.29 is 8.83 Å². The summed E-state index contributed by atoms with van der Waals surface area (Å²) in [6, 6.07) is 42.7. The summed E-state index contributed by atoms with van der Waals surface area (Å²) in [5.41, 5.74) is 11.4. The van der Waals surface area contributed by atoms with Crippen molar-refractivity contribution in [3.63, 3.8) is 0 Å². The highest BCUT2D eigenvalue weighted by molar-refractivity contribution is 7.18. The maximum atomic E-state index is 6.42. The molecular formula is C39H25NO2S. The lowest BCUT2D eigenvalue weighted by atomic mass is 9.95. The molecule has 6 aromatic carbocycles. The van der Waals surface area contributed by atoms with E-state index in [1.165, 1.54) is 4.70 Å². The van der Waals surface area contributed by atoms with Crippen molar-refractivity contribution in [2.75, 3.05) is 0 Å². The number of aromatic nitrogens is 1. The van der Waals surface area contributed by atoms with Gasteiger partial charge in [-0.05, 0) is 47.4 Å². The molecule has 204 valence electrons. The van der Waals surface area contributed by atoms with Crippen molar-refractivity contribution in [1.82, 2.24) is 4.98 Å². The summed E-state index contributed by atoms with van der Waals surface area (Å²) in [6.45, 7) is 2.17. The van der Waals surface area contributed by atoms with Crippen molar-refractivity contribution in [3.8, 4) is 33.4 Å². The number of para-hydroxylation sites is 4. The molecule has 43 heavy (non-hydrogen) atoms. The third-order valence-electron chi connectivity index (χ3n) is 8.47. The number of hydrogen-bond acceptors (Lipinski definition) is 4. The zero-order valence-electron chi connectivity index (χ0n) is 23.4. The van der Waals surface area contributed by atoms with Crippen LogP contribution in [0.1, 0.15) is 11.9 Å². The molecule has 0 saturated carbocycles. The van der Waals surface area contributed by atoms with Crippen LogP contribution in [0.5, 0.6) is 0 Å². The number of fused-ring (bicyclic) bond motifs is 7. The highest BCUT2D eigenvalue weighted by Crippen LogP contribution is 2.42. The minimum Gasteiger partial charge on any atom is -0.455 e. The van der Waals surface area contributed by atoms with Crippen LogP contribution in [0, 0.1) is 0 Å². The highest BCUT2D eigenvalue weighted by atomic mass is 32.1. The van der Waals surface area contributed by atoms with E-state index >= 15 is 0 Å². The number of benzene rings is 6. The second-order valence-corrected chi connectivity index (χ2v) is 12.1. The number of aryl methyl sites for hydroxylation is 1. The summed E-state index contributed by atoms with van der Waals surface area (Å²) >= 11 is 1.77. The van der Waals surface area contributed by atoms with Gasteiger partial charge >= 0.3 is 0 Å². The summed E-state index contributed by atoms with van der Waals surface area (Å²) in [5, 5.41) is 5.70. The minimum absolute atomic E-state index is 0.910. The van der Waals surface area contributed by atoms with Crippen LogP contribution in [-0.2, 0) is 6.42 Å². The quantitative estimate of drug-likeness (QED) is 0.211. The van der Waals surface area contributed by atoms with Gasteiger partial charge in [-0.1, -0.05) is 104 Å². The lowest BCUT2D eigenvalue weighted by Gasteiger charge is -2.10. The van der Waals surface area contributed by atoms with Crippen molar-refractivity contribution in [2.45, 2.75) is 13.3 Å². The van der Waals surface area contributed by atoms with Gasteiger partial charge in [0.05, 0.1) is 15.2 Å². The Balaban J connectivity index is 1.21. The fourth-order valence-electron chi connectivity index (χ4n) is 6.38. The van der Waals surface area contributed by atoms with Crippen LogP contribution < -0.4 is 0 Å². The zero-order valence-corrected chi connectivity index (χ0v) is 24.2. The molecule has 3 heterocycles. The molecule has 3 aromatic heterocycles. The van der Waals surface area contributed by atoms with Gasteiger partial charge in [0, 0.05) is 38.2 Å². The van der Waals surface area contributed by atoms with Crippen LogP contribution in [0.4, 0.5) is 0 Å². The van der Waals surface area contributed by atoms with E-state index in [1.807, 2.05) is 24.3 Å². The first kappa shape index (κ1) is 24.4. The first-order valence-corrected chi connectivity index (χ1v) is 15.4. The normalized spacial score (nSPS) is 11.9. The SMILES string of the molecule is CCc1nc2c(-c3ccc(-c4cccc5c4oc4ccccc45)cc3)cc(-c3cccc4c3oc3ccccc34)cc2s1. The van der Waals surface area contributed by atoms with Gasteiger partial charge in [-0.3, -0.25) is 0 Å². The van der Waals surface area contributed by atoms with Crippen molar-refractivity contribution in [2.24, 2.45) is 0 Å². The Kier molecular flexibility index (Phi) is 5.34. The van der Waals surface area contributed by atoms with Gasteiger partial charge in [-0.15, -0.1) is 11.3 Å². The molecule has 3 nitrogen and oxygen atoms in total. The molecule has 9 rings (SSSR count). The van der Waals surface area contributed by atoms with E-state index in [2.05, 4.69) is 104 Å². The van der Waals surface area contributed by atoms with Gasteiger partial charge in [0.2, 0.25) is 0 Å². The number of rotatable bonds is 4. The Morgan fingerprint density at radius 1 is 0.535 bits per heavy atom. The average molecular weight is 572 g/mol. The largest absolute Gasteiger partial charge is 0.455 e. The van der Waals surface area contributed by atoms with Crippen LogP contribution in [0.15, 0.2) is 130 Å². The summed E-state index contributed by atoms with van der Waals surface area (Å²) in [5.74, 6) is 0. The van der Waals surface area contributed by atoms with Crippen molar-refractivity contribution >= 4 is 65.4 Å². The zero-order chi connectivity index (χ0) is 28.5. The van der Waals surface area contributed by atoms with Gasteiger partial charge < -0.3 is 8.83 Å². The number of hydrogen-bond donors (Lipinski definition) is 0. The van der Waals surface area contributed by atoms with Crippen molar-refractivity contribution in [1.29, 1.82) is 0 Å². The summed E-state index contributed by atoms with van der Waals surface area (Å²) in [7, 11) is 0. The van der Waals surface area contributed by atoms with Gasteiger partial charge in [0.15, 0.2) is 0 Å². The van der Waals surface area contributed by atoms with E-state index in [-0.39, 0.29) is 0 Å². The highest BCUT2D eigenvalue weighted by Gasteiger charge is 2.17. The molecule has 0 aliphatic carbocycles. The Bertz CT molecular complexity index is 2490. The molecule has 0 atom stereocenters. The average Bonchev–Trinajstić information content (AvgIpc) is 3.77. The van der Waals surface area contributed by atoms with E-state index in [0.29, 0.717) is 0 Å². The molecule has 0 aliphatic rings. The van der Waals surface area contributed by atoms with Crippen LogP contribution in [0.25, 0.3) is 87.5 Å². The summed E-state index contributed by atoms with van der Waals surface area (Å²) in [4.78, 5) is 5.07. The van der Waals surface area contributed by atoms with Gasteiger partial charge in [-0.25, -0.2) is 4.98 Å². The smallest absolute Gasteiger partial charge is 0.143 e. The Morgan fingerprint density at radius 3 is 1.67 bits per heavy atom. The molecule has 0 bridgehead atoms. The number of thiazole rings is 1. The Morgan fingerprint density at radius 2 is 1.07 bits per heavy atom. The van der Waals surface area contributed by atoms with E-state index in [9.17, 15) is 0 Å². The lowest BCUT2D eigenvalue weighted by molar-refractivity contribution is 0.669. The Labute approximate surface area is 251 Å². The molecule has 9 aromatic rings. The fraction of sp³-hybridized carbons (Fsp3) is 0.0513.